The quantitative estimate of drug-likeness (QED) is 0.653. The third-order valence-corrected chi connectivity index (χ3v) is 1.64. The van der Waals surface area contributed by atoms with E-state index in [1.807, 2.05) is 0 Å². The lowest BCUT2D eigenvalue weighted by Gasteiger charge is -1.88. The number of nitrogens with zero attached hydrogens (tertiary/aromatic N) is 1. The van der Waals surface area contributed by atoms with Gasteiger partial charge in [0.05, 0.1) is 6.26 Å². The maximum absolute atomic E-state index is 11.2. The van der Waals surface area contributed by atoms with Crippen LogP contribution in [0.5, 0.6) is 0 Å². The van der Waals surface area contributed by atoms with Crippen molar-refractivity contribution < 1.29 is 9.21 Å². The number of carbonyl (C=O) groups excluding carboxylic acids is 1. The minimum absolute atomic E-state index is 0.186. The summed E-state index contributed by atoms with van der Waals surface area (Å²) in [4.78, 5) is 15.2. The van der Waals surface area contributed by atoms with Gasteiger partial charge < -0.3 is 9.73 Å². The molecule has 2 heterocycles. The Hall–Kier alpha value is -1.84. The molecular weight excluding hydrogens is 168 g/mol. The summed E-state index contributed by atoms with van der Waals surface area (Å²) in [6, 6.07) is 3.53. The number of carbonyl (C=O) groups is 1. The second-order valence-electron chi connectivity index (χ2n) is 2.70. The molecule has 13 heavy (non-hydrogen) atoms. The standard InChI is InChI=1S/C9H8N2O2/c1-6-10-8(9(12)11-6)5-7-3-2-4-13-7/h2-5H,1H3,(H,10,11,12)/b8-5+. The van der Waals surface area contributed by atoms with Crippen LogP contribution in [0.4, 0.5) is 0 Å². The molecule has 0 aromatic carbocycles. The number of hydrogen-bond donors (Lipinski definition) is 1. The van der Waals surface area contributed by atoms with Crippen molar-refractivity contribution in [3.63, 3.8) is 0 Å². The number of amides is 1. The summed E-state index contributed by atoms with van der Waals surface area (Å²) in [7, 11) is 0. The topological polar surface area (TPSA) is 54.6 Å². The molecule has 0 saturated carbocycles. The molecule has 0 atom stereocenters. The van der Waals surface area contributed by atoms with Gasteiger partial charge in [0.15, 0.2) is 0 Å². The summed E-state index contributed by atoms with van der Waals surface area (Å²) in [6.45, 7) is 1.74. The summed E-state index contributed by atoms with van der Waals surface area (Å²) in [5.74, 6) is 1.06. The summed E-state index contributed by atoms with van der Waals surface area (Å²) < 4.78 is 5.05. The van der Waals surface area contributed by atoms with E-state index in [9.17, 15) is 4.79 Å². The fourth-order valence-electron chi connectivity index (χ4n) is 1.09. The second-order valence-corrected chi connectivity index (χ2v) is 2.70. The van der Waals surface area contributed by atoms with Crippen LogP contribution < -0.4 is 5.32 Å². The maximum Gasteiger partial charge on any atom is 0.275 e. The lowest BCUT2D eigenvalue weighted by molar-refractivity contribution is -0.115. The van der Waals surface area contributed by atoms with Crippen LogP contribution in [0, 0.1) is 0 Å². The highest BCUT2D eigenvalue weighted by molar-refractivity contribution is 6.13. The summed E-state index contributed by atoms with van der Waals surface area (Å²) in [5, 5.41) is 2.58. The number of aliphatic imine (C=N–C) groups is 1. The SMILES string of the molecule is CC1=N/C(=C/c2ccco2)C(=O)N1. The zero-order valence-electron chi connectivity index (χ0n) is 7.07. The van der Waals surface area contributed by atoms with E-state index in [2.05, 4.69) is 10.3 Å². The van der Waals surface area contributed by atoms with Crippen molar-refractivity contribution in [3.05, 3.63) is 29.9 Å². The van der Waals surface area contributed by atoms with Gasteiger partial charge in [-0.2, -0.15) is 0 Å². The normalized spacial score (nSPS) is 19.0. The first-order chi connectivity index (χ1) is 6.25. The maximum atomic E-state index is 11.2. The van der Waals surface area contributed by atoms with Gasteiger partial charge in [0.1, 0.15) is 17.3 Å². The zero-order valence-corrected chi connectivity index (χ0v) is 7.07. The first-order valence-corrected chi connectivity index (χ1v) is 3.87. The molecule has 1 aromatic heterocycles. The van der Waals surface area contributed by atoms with Crippen LogP contribution in [0.3, 0.4) is 0 Å². The van der Waals surface area contributed by atoms with Gasteiger partial charge in [0, 0.05) is 6.08 Å². The van der Waals surface area contributed by atoms with E-state index in [0.29, 0.717) is 17.3 Å². The Bertz CT molecular complexity index is 388. The lowest BCUT2D eigenvalue weighted by Crippen LogP contribution is -2.21. The minimum atomic E-state index is -0.186. The van der Waals surface area contributed by atoms with Crippen LogP contribution in [0.25, 0.3) is 6.08 Å². The fourth-order valence-corrected chi connectivity index (χ4v) is 1.09. The molecule has 4 nitrogen and oxygen atoms in total. The Labute approximate surface area is 75.0 Å². The van der Waals surface area contributed by atoms with Crippen LogP contribution in [0.2, 0.25) is 0 Å². The molecule has 0 spiro atoms. The van der Waals surface area contributed by atoms with E-state index in [4.69, 9.17) is 4.42 Å². The van der Waals surface area contributed by atoms with Gasteiger partial charge in [-0.05, 0) is 19.1 Å². The van der Waals surface area contributed by atoms with Gasteiger partial charge in [-0.3, -0.25) is 4.79 Å². The van der Waals surface area contributed by atoms with Gasteiger partial charge >= 0.3 is 0 Å². The fraction of sp³-hybridized carbons (Fsp3) is 0.111. The van der Waals surface area contributed by atoms with Crippen LogP contribution in [-0.4, -0.2) is 11.7 Å². The van der Waals surface area contributed by atoms with E-state index < -0.39 is 0 Å². The van der Waals surface area contributed by atoms with Gasteiger partial charge in [0.25, 0.3) is 5.91 Å². The number of furan rings is 1. The van der Waals surface area contributed by atoms with E-state index in [0.717, 1.165) is 0 Å². The second kappa shape index (κ2) is 2.90. The third kappa shape index (κ3) is 1.51. The van der Waals surface area contributed by atoms with Crippen LogP contribution in [0.1, 0.15) is 12.7 Å². The smallest absolute Gasteiger partial charge is 0.275 e. The summed E-state index contributed by atoms with van der Waals surface area (Å²) >= 11 is 0. The molecule has 0 radical (unpaired) electrons. The number of nitrogens with one attached hydrogen (secondary N) is 1. The molecule has 0 saturated heterocycles. The molecule has 0 bridgehead atoms. The number of rotatable bonds is 1. The molecule has 1 aromatic rings. The molecule has 0 unspecified atom stereocenters. The Balaban J connectivity index is 2.31. The molecule has 2 rings (SSSR count). The molecule has 0 aliphatic carbocycles. The Kier molecular flexibility index (Phi) is 1.73. The minimum Gasteiger partial charge on any atom is -0.465 e. The van der Waals surface area contributed by atoms with E-state index in [-0.39, 0.29) is 5.91 Å². The summed E-state index contributed by atoms with van der Waals surface area (Å²) in [5.41, 5.74) is 0.382. The number of hydrogen-bond acceptors (Lipinski definition) is 3. The van der Waals surface area contributed by atoms with Crippen molar-refractivity contribution in [1.82, 2.24) is 5.32 Å². The van der Waals surface area contributed by atoms with Gasteiger partial charge in [-0.1, -0.05) is 0 Å². The molecule has 1 amide bonds. The molecular formula is C9H8N2O2. The molecule has 4 heteroatoms. The van der Waals surface area contributed by atoms with Crippen molar-refractivity contribution in [2.45, 2.75) is 6.92 Å². The molecule has 0 fully saturated rings. The van der Waals surface area contributed by atoms with Crippen molar-refractivity contribution in [3.8, 4) is 0 Å². The monoisotopic (exact) mass is 176 g/mol. The van der Waals surface area contributed by atoms with E-state index in [1.165, 1.54) is 0 Å². The summed E-state index contributed by atoms with van der Waals surface area (Å²) in [6.07, 6.45) is 3.15. The van der Waals surface area contributed by atoms with Crippen LogP contribution >= 0.6 is 0 Å². The van der Waals surface area contributed by atoms with Gasteiger partial charge in [-0.25, -0.2) is 4.99 Å². The highest BCUT2D eigenvalue weighted by Gasteiger charge is 2.16. The zero-order chi connectivity index (χ0) is 9.26. The Morgan fingerprint density at radius 1 is 1.62 bits per heavy atom. The average molecular weight is 176 g/mol. The van der Waals surface area contributed by atoms with E-state index >= 15 is 0 Å². The van der Waals surface area contributed by atoms with Crippen LogP contribution in [0.15, 0.2) is 33.5 Å². The highest BCUT2D eigenvalue weighted by atomic mass is 16.3. The third-order valence-electron chi connectivity index (χ3n) is 1.64. The predicted octanol–water partition coefficient (Wildman–Crippen LogP) is 1.17. The van der Waals surface area contributed by atoms with E-state index in [1.54, 1.807) is 31.4 Å². The lowest BCUT2D eigenvalue weighted by atomic mass is 10.3. The van der Waals surface area contributed by atoms with Crippen molar-refractivity contribution in [2.75, 3.05) is 0 Å². The van der Waals surface area contributed by atoms with Crippen molar-refractivity contribution in [2.24, 2.45) is 4.99 Å². The highest BCUT2D eigenvalue weighted by Crippen LogP contribution is 2.11. The largest absolute Gasteiger partial charge is 0.465 e. The van der Waals surface area contributed by atoms with Gasteiger partial charge in [0.2, 0.25) is 0 Å². The first-order valence-electron chi connectivity index (χ1n) is 3.87. The van der Waals surface area contributed by atoms with Crippen molar-refractivity contribution >= 4 is 17.8 Å². The molecule has 66 valence electrons. The number of amidine groups is 1. The Morgan fingerprint density at radius 3 is 3.00 bits per heavy atom. The van der Waals surface area contributed by atoms with Crippen LogP contribution in [-0.2, 0) is 4.79 Å². The van der Waals surface area contributed by atoms with Crippen molar-refractivity contribution in [1.29, 1.82) is 0 Å². The average Bonchev–Trinajstić information content (AvgIpc) is 2.63. The molecule has 1 aliphatic rings. The predicted molar refractivity (Wildman–Crippen MR) is 47.9 cm³/mol. The molecule has 1 N–H and O–H groups in total. The van der Waals surface area contributed by atoms with Gasteiger partial charge in [-0.15, -0.1) is 0 Å². The first kappa shape index (κ1) is 7.79. The molecule has 1 aliphatic heterocycles. The Morgan fingerprint density at radius 2 is 2.46 bits per heavy atom.